The standard InChI is InChI=1S/C16H22N6O4S/c1-3-19-16(25)21-10-5-4-9(8-20-10)15-22(6-7-26-2)11(13(17)23)12(27-15)14(18)24/h4-5,8,15H,3,6-7H2,1-2H3,(H2,17,23)(H2,18,24)(H2,19,20,21,25). The van der Waals surface area contributed by atoms with Gasteiger partial charge >= 0.3 is 6.03 Å². The Morgan fingerprint density at radius 3 is 2.56 bits per heavy atom. The highest BCUT2D eigenvalue weighted by Crippen LogP contribution is 2.47. The number of hydrogen-bond donors (Lipinski definition) is 4. The Labute approximate surface area is 160 Å². The van der Waals surface area contributed by atoms with Crippen LogP contribution in [0.25, 0.3) is 0 Å². The molecule has 1 unspecified atom stereocenters. The van der Waals surface area contributed by atoms with E-state index in [2.05, 4.69) is 15.6 Å². The molecule has 1 atom stereocenters. The van der Waals surface area contributed by atoms with Crippen LogP contribution in [0.15, 0.2) is 28.9 Å². The maximum Gasteiger partial charge on any atom is 0.320 e. The van der Waals surface area contributed by atoms with Crippen molar-refractivity contribution in [2.24, 2.45) is 11.5 Å². The number of nitrogens with one attached hydrogen (secondary N) is 2. The molecule has 2 rings (SSSR count). The molecule has 6 N–H and O–H groups in total. The summed E-state index contributed by atoms with van der Waals surface area (Å²) in [5.41, 5.74) is 11.7. The first kappa shape index (κ1) is 20.5. The molecule has 1 aliphatic rings. The van der Waals surface area contributed by atoms with Crippen LogP contribution < -0.4 is 22.1 Å². The molecular weight excluding hydrogens is 372 g/mol. The van der Waals surface area contributed by atoms with Crippen molar-refractivity contribution in [3.8, 4) is 0 Å². The summed E-state index contributed by atoms with van der Waals surface area (Å²) in [6.45, 7) is 2.96. The van der Waals surface area contributed by atoms with Crippen molar-refractivity contribution in [1.29, 1.82) is 0 Å². The third kappa shape index (κ3) is 4.89. The summed E-state index contributed by atoms with van der Waals surface area (Å²) in [7, 11) is 1.53. The molecule has 0 aromatic carbocycles. The van der Waals surface area contributed by atoms with E-state index in [1.807, 2.05) is 6.92 Å². The van der Waals surface area contributed by atoms with Crippen LogP contribution in [-0.4, -0.2) is 54.5 Å². The smallest absolute Gasteiger partial charge is 0.320 e. The third-order valence-electron chi connectivity index (χ3n) is 3.66. The van der Waals surface area contributed by atoms with Crippen molar-refractivity contribution in [1.82, 2.24) is 15.2 Å². The SMILES string of the molecule is CCNC(=O)Nc1ccc(C2SC(C(N)=O)=C(C(N)=O)N2CCOC)cn1. The fourth-order valence-electron chi connectivity index (χ4n) is 2.52. The fraction of sp³-hybridized carbons (Fsp3) is 0.375. The molecule has 0 saturated carbocycles. The van der Waals surface area contributed by atoms with Crippen LogP contribution in [-0.2, 0) is 14.3 Å². The molecule has 0 fully saturated rings. The number of anilines is 1. The van der Waals surface area contributed by atoms with E-state index in [1.54, 1.807) is 23.2 Å². The van der Waals surface area contributed by atoms with Crippen LogP contribution in [0, 0.1) is 0 Å². The van der Waals surface area contributed by atoms with E-state index in [1.165, 1.54) is 7.11 Å². The lowest BCUT2D eigenvalue weighted by Gasteiger charge is -2.27. The van der Waals surface area contributed by atoms with Crippen LogP contribution in [0.2, 0.25) is 0 Å². The second-order valence-electron chi connectivity index (χ2n) is 5.52. The zero-order chi connectivity index (χ0) is 20.0. The Morgan fingerprint density at radius 1 is 1.30 bits per heavy atom. The van der Waals surface area contributed by atoms with Gasteiger partial charge in [0.2, 0.25) is 0 Å². The van der Waals surface area contributed by atoms with Crippen molar-refractivity contribution >= 4 is 35.4 Å². The van der Waals surface area contributed by atoms with Gasteiger partial charge in [0.15, 0.2) is 0 Å². The molecule has 1 aromatic heterocycles. The Bertz CT molecular complexity index is 752. The average molecular weight is 394 g/mol. The van der Waals surface area contributed by atoms with Crippen LogP contribution in [0.3, 0.4) is 0 Å². The Balaban J connectivity index is 2.26. The second-order valence-corrected chi connectivity index (χ2v) is 6.61. The lowest BCUT2D eigenvalue weighted by molar-refractivity contribution is -0.118. The van der Waals surface area contributed by atoms with Crippen molar-refractivity contribution in [2.45, 2.75) is 12.3 Å². The number of amides is 4. The van der Waals surface area contributed by atoms with Crippen molar-refractivity contribution in [3.63, 3.8) is 0 Å². The number of methoxy groups -OCH3 is 1. The quantitative estimate of drug-likeness (QED) is 0.488. The van der Waals surface area contributed by atoms with Gasteiger partial charge in [0, 0.05) is 32.0 Å². The topological polar surface area (TPSA) is 153 Å². The first-order valence-electron chi connectivity index (χ1n) is 8.16. The number of thioether (sulfide) groups is 1. The minimum atomic E-state index is -0.739. The minimum Gasteiger partial charge on any atom is -0.383 e. The molecule has 0 bridgehead atoms. The van der Waals surface area contributed by atoms with Crippen molar-refractivity contribution in [3.05, 3.63) is 34.5 Å². The molecule has 0 saturated heterocycles. The monoisotopic (exact) mass is 394 g/mol. The van der Waals surface area contributed by atoms with Gasteiger partial charge in [0.1, 0.15) is 21.8 Å². The van der Waals surface area contributed by atoms with Gasteiger partial charge in [-0.3, -0.25) is 14.9 Å². The number of aromatic nitrogens is 1. The lowest BCUT2D eigenvalue weighted by Crippen LogP contribution is -2.34. The Kier molecular flexibility index (Phi) is 7.02. The number of primary amides is 2. The van der Waals surface area contributed by atoms with Gasteiger partial charge in [0.05, 0.1) is 6.61 Å². The van der Waals surface area contributed by atoms with Gasteiger partial charge in [-0.15, -0.1) is 0 Å². The van der Waals surface area contributed by atoms with Gasteiger partial charge in [-0.2, -0.15) is 0 Å². The van der Waals surface area contributed by atoms with Gasteiger partial charge in [-0.05, 0) is 13.0 Å². The highest BCUT2D eigenvalue weighted by Gasteiger charge is 2.38. The van der Waals surface area contributed by atoms with Crippen LogP contribution in [0.4, 0.5) is 10.6 Å². The third-order valence-corrected chi connectivity index (χ3v) is 5.04. The predicted molar refractivity (Wildman–Crippen MR) is 101 cm³/mol. The molecule has 1 aliphatic heterocycles. The van der Waals surface area contributed by atoms with E-state index in [-0.39, 0.29) is 16.6 Å². The molecule has 0 spiro atoms. The second kappa shape index (κ2) is 9.24. The number of pyridine rings is 1. The first-order chi connectivity index (χ1) is 12.9. The first-order valence-corrected chi connectivity index (χ1v) is 9.03. The van der Waals surface area contributed by atoms with Gasteiger partial charge in [-0.1, -0.05) is 17.8 Å². The minimum absolute atomic E-state index is 0.0686. The molecule has 1 aromatic rings. The number of urea groups is 1. The normalized spacial score (nSPS) is 16.4. The molecule has 0 radical (unpaired) electrons. The number of carbonyl (C=O) groups excluding carboxylic acids is 3. The van der Waals surface area contributed by atoms with E-state index in [0.717, 1.165) is 11.8 Å². The number of hydrogen-bond acceptors (Lipinski definition) is 7. The van der Waals surface area contributed by atoms with E-state index < -0.39 is 17.2 Å². The van der Waals surface area contributed by atoms with Gasteiger partial charge < -0.3 is 26.4 Å². The maximum atomic E-state index is 11.9. The van der Waals surface area contributed by atoms with Crippen LogP contribution >= 0.6 is 11.8 Å². The summed E-state index contributed by atoms with van der Waals surface area (Å²) in [6.07, 6.45) is 1.56. The van der Waals surface area contributed by atoms with Gasteiger partial charge in [0.25, 0.3) is 11.8 Å². The molecule has 146 valence electrons. The highest BCUT2D eigenvalue weighted by atomic mass is 32.2. The van der Waals surface area contributed by atoms with Crippen molar-refractivity contribution in [2.75, 3.05) is 32.1 Å². The molecule has 0 aliphatic carbocycles. The predicted octanol–water partition coefficient (Wildman–Crippen LogP) is 0.0990. The van der Waals surface area contributed by atoms with Crippen LogP contribution in [0.5, 0.6) is 0 Å². The summed E-state index contributed by atoms with van der Waals surface area (Å²) < 4.78 is 5.09. The van der Waals surface area contributed by atoms with E-state index in [9.17, 15) is 14.4 Å². The van der Waals surface area contributed by atoms with Crippen molar-refractivity contribution < 1.29 is 19.1 Å². The highest BCUT2D eigenvalue weighted by molar-refractivity contribution is 8.04. The summed E-state index contributed by atoms with van der Waals surface area (Å²) in [4.78, 5) is 41.2. The Hall–Kier alpha value is -2.79. The van der Waals surface area contributed by atoms with E-state index >= 15 is 0 Å². The zero-order valence-electron chi connectivity index (χ0n) is 15.0. The van der Waals surface area contributed by atoms with Crippen LogP contribution in [0.1, 0.15) is 17.9 Å². The Morgan fingerprint density at radius 2 is 2.04 bits per heavy atom. The molecular formula is C16H22N6O4S. The lowest BCUT2D eigenvalue weighted by atomic mass is 10.2. The number of rotatable bonds is 8. The van der Waals surface area contributed by atoms with E-state index in [0.29, 0.717) is 31.1 Å². The summed E-state index contributed by atoms with van der Waals surface area (Å²) in [6, 6.07) is 3.02. The molecule has 27 heavy (non-hydrogen) atoms. The molecule has 4 amide bonds. The summed E-state index contributed by atoms with van der Waals surface area (Å²) in [5, 5.41) is 4.78. The average Bonchev–Trinajstić information content (AvgIpc) is 3.00. The largest absolute Gasteiger partial charge is 0.383 e. The molecule has 2 heterocycles. The van der Waals surface area contributed by atoms with E-state index in [4.69, 9.17) is 16.2 Å². The fourth-order valence-corrected chi connectivity index (χ4v) is 3.80. The molecule has 10 nitrogen and oxygen atoms in total. The number of carbonyl (C=O) groups is 3. The number of nitrogens with zero attached hydrogens (tertiary/aromatic N) is 2. The van der Waals surface area contributed by atoms with Gasteiger partial charge in [-0.25, -0.2) is 9.78 Å². The number of ether oxygens (including phenoxy) is 1. The zero-order valence-corrected chi connectivity index (χ0v) is 15.8. The summed E-state index contributed by atoms with van der Waals surface area (Å²) in [5.74, 6) is -1.09. The number of nitrogens with two attached hydrogens (primary N) is 2. The summed E-state index contributed by atoms with van der Waals surface area (Å²) >= 11 is 1.13. The maximum absolute atomic E-state index is 11.9. The molecule has 11 heteroatoms.